The minimum atomic E-state index is -0.635. The van der Waals surface area contributed by atoms with Crippen molar-refractivity contribution in [3.8, 4) is 5.75 Å². The number of ether oxygens (including phenoxy) is 2. The molecule has 0 radical (unpaired) electrons. The Kier molecular flexibility index (Phi) is 6.54. The lowest BCUT2D eigenvalue weighted by atomic mass is 10.1. The highest BCUT2D eigenvalue weighted by atomic mass is 16.5. The Balaban J connectivity index is 1.89. The zero-order valence-electron chi connectivity index (χ0n) is 15.5. The molecule has 27 heavy (non-hydrogen) atoms. The molecule has 0 bridgehead atoms. The van der Waals surface area contributed by atoms with Crippen molar-refractivity contribution in [1.82, 2.24) is 0 Å². The van der Waals surface area contributed by atoms with Crippen molar-refractivity contribution in [3.63, 3.8) is 0 Å². The monoisotopic (exact) mass is 370 g/mol. The van der Waals surface area contributed by atoms with E-state index in [1.54, 1.807) is 0 Å². The van der Waals surface area contributed by atoms with Crippen molar-refractivity contribution in [1.29, 1.82) is 0 Å². The van der Waals surface area contributed by atoms with Crippen molar-refractivity contribution >= 4 is 23.5 Å². The first-order valence-electron chi connectivity index (χ1n) is 8.32. The maximum atomic E-state index is 12.1. The number of benzene rings is 2. The van der Waals surface area contributed by atoms with Gasteiger partial charge in [0, 0.05) is 5.69 Å². The molecule has 0 saturated carbocycles. The van der Waals surface area contributed by atoms with Gasteiger partial charge < -0.3 is 20.5 Å². The average Bonchev–Trinajstić information content (AvgIpc) is 2.61. The van der Waals surface area contributed by atoms with Crippen LogP contribution in [0.4, 0.5) is 5.69 Å². The Morgan fingerprint density at radius 1 is 0.963 bits per heavy atom. The topological polar surface area (TPSA) is 108 Å². The van der Waals surface area contributed by atoms with E-state index < -0.39 is 24.4 Å². The van der Waals surface area contributed by atoms with Crippen LogP contribution < -0.4 is 15.8 Å². The Hall–Kier alpha value is -3.35. The van der Waals surface area contributed by atoms with Crippen LogP contribution in [0.25, 0.3) is 0 Å². The van der Waals surface area contributed by atoms with Crippen LogP contribution in [-0.4, -0.2) is 31.0 Å². The lowest BCUT2D eigenvalue weighted by molar-refractivity contribution is -0.120. The molecule has 0 atom stereocenters. The Morgan fingerprint density at radius 2 is 1.56 bits per heavy atom. The fourth-order valence-electron chi connectivity index (χ4n) is 2.61. The molecule has 0 unspecified atom stereocenters. The maximum absolute atomic E-state index is 12.1. The Morgan fingerprint density at radius 3 is 2.11 bits per heavy atom. The number of anilines is 1. The van der Waals surface area contributed by atoms with E-state index in [2.05, 4.69) is 5.32 Å². The number of nitrogens with one attached hydrogen (secondary N) is 1. The normalized spacial score (nSPS) is 10.2. The second kappa shape index (κ2) is 8.84. The van der Waals surface area contributed by atoms with Gasteiger partial charge in [0.25, 0.3) is 11.8 Å². The second-order valence-electron chi connectivity index (χ2n) is 6.18. The smallest absolute Gasteiger partial charge is 0.338 e. The van der Waals surface area contributed by atoms with Crippen LogP contribution in [0.2, 0.25) is 0 Å². The summed E-state index contributed by atoms with van der Waals surface area (Å²) in [7, 11) is 0. The highest BCUT2D eigenvalue weighted by Gasteiger charge is 2.13. The summed E-state index contributed by atoms with van der Waals surface area (Å²) in [6.07, 6.45) is 0. The number of amides is 2. The maximum Gasteiger partial charge on any atom is 0.338 e. The summed E-state index contributed by atoms with van der Waals surface area (Å²) in [5.41, 5.74) is 8.97. The highest BCUT2D eigenvalue weighted by molar-refractivity contribution is 5.96. The molecule has 0 saturated heterocycles. The van der Waals surface area contributed by atoms with Crippen LogP contribution in [0.15, 0.2) is 36.4 Å². The first kappa shape index (κ1) is 20.0. The largest absolute Gasteiger partial charge is 0.484 e. The minimum absolute atomic E-state index is 0.248. The summed E-state index contributed by atoms with van der Waals surface area (Å²) < 4.78 is 10.1. The molecule has 3 N–H and O–H groups in total. The summed E-state index contributed by atoms with van der Waals surface area (Å²) in [5.74, 6) is -1.25. The predicted molar refractivity (Wildman–Crippen MR) is 101 cm³/mol. The SMILES string of the molecule is Cc1cc(C)c(NC(=O)COC(=O)c2ccc(OCC(N)=O)cc2)c(C)c1. The van der Waals surface area contributed by atoms with Gasteiger partial charge in [-0.1, -0.05) is 17.7 Å². The molecule has 0 heterocycles. The van der Waals surface area contributed by atoms with Crippen molar-refractivity contribution in [3.05, 3.63) is 58.7 Å². The molecule has 2 aromatic carbocycles. The molecule has 0 aliphatic rings. The average molecular weight is 370 g/mol. The molecule has 2 rings (SSSR count). The van der Waals surface area contributed by atoms with Gasteiger partial charge in [0.2, 0.25) is 0 Å². The van der Waals surface area contributed by atoms with E-state index in [4.69, 9.17) is 15.2 Å². The zero-order valence-corrected chi connectivity index (χ0v) is 15.5. The highest BCUT2D eigenvalue weighted by Crippen LogP contribution is 2.21. The first-order valence-corrected chi connectivity index (χ1v) is 8.32. The standard InChI is InChI=1S/C20H22N2O5/c1-12-8-13(2)19(14(3)9-12)22-18(24)11-27-20(25)15-4-6-16(7-5-15)26-10-17(21)23/h4-9H,10-11H2,1-3H3,(H2,21,23)(H,22,24). The van der Waals surface area contributed by atoms with E-state index in [0.717, 1.165) is 22.4 Å². The molecule has 0 aliphatic carbocycles. The molecule has 142 valence electrons. The summed E-state index contributed by atoms with van der Waals surface area (Å²) in [6, 6.07) is 9.92. The molecule has 7 heteroatoms. The summed E-state index contributed by atoms with van der Waals surface area (Å²) >= 11 is 0. The number of carbonyl (C=O) groups is 3. The van der Waals surface area contributed by atoms with Gasteiger partial charge in [-0.3, -0.25) is 9.59 Å². The van der Waals surface area contributed by atoms with Gasteiger partial charge in [0.15, 0.2) is 13.2 Å². The van der Waals surface area contributed by atoms with Crippen LogP contribution in [0.5, 0.6) is 5.75 Å². The molecular formula is C20H22N2O5. The molecule has 7 nitrogen and oxygen atoms in total. The van der Waals surface area contributed by atoms with E-state index in [9.17, 15) is 14.4 Å². The first-order chi connectivity index (χ1) is 12.8. The Bertz CT molecular complexity index is 836. The quantitative estimate of drug-likeness (QED) is 0.727. The summed E-state index contributed by atoms with van der Waals surface area (Å²) in [6.45, 7) is 5.15. The number of aryl methyl sites for hydroxylation is 3. The third-order valence-electron chi connectivity index (χ3n) is 3.75. The van der Waals surface area contributed by atoms with Crippen LogP contribution in [0.3, 0.4) is 0 Å². The van der Waals surface area contributed by atoms with Crippen molar-refractivity contribution in [2.45, 2.75) is 20.8 Å². The van der Waals surface area contributed by atoms with Crippen LogP contribution in [0.1, 0.15) is 27.0 Å². The third-order valence-corrected chi connectivity index (χ3v) is 3.75. The van der Waals surface area contributed by atoms with Gasteiger partial charge >= 0.3 is 5.97 Å². The lowest BCUT2D eigenvalue weighted by Crippen LogP contribution is -2.22. The molecular weight excluding hydrogens is 348 g/mol. The van der Waals surface area contributed by atoms with Crippen LogP contribution in [-0.2, 0) is 14.3 Å². The number of esters is 1. The third kappa shape index (κ3) is 5.85. The number of rotatable bonds is 7. The second-order valence-corrected chi connectivity index (χ2v) is 6.18. The number of carbonyl (C=O) groups excluding carboxylic acids is 3. The van der Waals surface area contributed by atoms with E-state index >= 15 is 0 Å². The number of hydrogen-bond donors (Lipinski definition) is 2. The van der Waals surface area contributed by atoms with Crippen molar-refractivity contribution in [2.75, 3.05) is 18.5 Å². The Labute approximate surface area is 157 Å². The fourth-order valence-corrected chi connectivity index (χ4v) is 2.61. The molecule has 0 fully saturated rings. The molecule has 0 spiro atoms. The molecule has 0 aliphatic heterocycles. The summed E-state index contributed by atoms with van der Waals surface area (Å²) in [5, 5.41) is 2.77. The number of nitrogens with two attached hydrogens (primary N) is 1. The lowest BCUT2D eigenvalue weighted by Gasteiger charge is -2.13. The fraction of sp³-hybridized carbons (Fsp3) is 0.250. The minimum Gasteiger partial charge on any atom is -0.484 e. The molecule has 2 amide bonds. The number of hydrogen-bond acceptors (Lipinski definition) is 5. The van der Waals surface area contributed by atoms with E-state index in [-0.39, 0.29) is 12.2 Å². The molecule has 2 aromatic rings. The van der Waals surface area contributed by atoms with Crippen LogP contribution in [0, 0.1) is 20.8 Å². The van der Waals surface area contributed by atoms with Gasteiger partial charge in [0.1, 0.15) is 5.75 Å². The molecule has 0 aromatic heterocycles. The van der Waals surface area contributed by atoms with E-state index in [1.165, 1.54) is 24.3 Å². The van der Waals surface area contributed by atoms with Gasteiger partial charge in [-0.2, -0.15) is 0 Å². The van der Waals surface area contributed by atoms with Gasteiger partial charge in [-0.25, -0.2) is 4.79 Å². The van der Waals surface area contributed by atoms with E-state index in [1.807, 2.05) is 32.9 Å². The van der Waals surface area contributed by atoms with E-state index in [0.29, 0.717) is 5.75 Å². The van der Waals surface area contributed by atoms with Gasteiger partial charge in [0.05, 0.1) is 5.56 Å². The van der Waals surface area contributed by atoms with Gasteiger partial charge in [-0.05, 0) is 56.2 Å². The zero-order chi connectivity index (χ0) is 20.0. The van der Waals surface area contributed by atoms with Crippen molar-refractivity contribution in [2.24, 2.45) is 5.73 Å². The van der Waals surface area contributed by atoms with Crippen molar-refractivity contribution < 1.29 is 23.9 Å². The summed E-state index contributed by atoms with van der Waals surface area (Å²) in [4.78, 5) is 34.8. The van der Waals surface area contributed by atoms with Crippen LogP contribution >= 0.6 is 0 Å². The van der Waals surface area contributed by atoms with Gasteiger partial charge in [-0.15, -0.1) is 0 Å². The predicted octanol–water partition coefficient (Wildman–Crippen LogP) is 2.27. The number of primary amides is 1.